The minimum Gasteiger partial charge on any atom is -0.495 e. The molecule has 170 valence electrons. The molecule has 1 saturated heterocycles. The van der Waals surface area contributed by atoms with Crippen LogP contribution < -0.4 is 10.1 Å². The number of amides is 1. The number of sulfonamides is 1. The number of hydrogen-bond donors (Lipinski definition) is 2. The first-order chi connectivity index (χ1) is 15.3. The fourth-order valence-electron chi connectivity index (χ4n) is 3.80. The Labute approximate surface area is 191 Å². The van der Waals surface area contributed by atoms with Gasteiger partial charge in [0.25, 0.3) is 0 Å². The van der Waals surface area contributed by atoms with E-state index in [0.717, 1.165) is 0 Å². The van der Waals surface area contributed by atoms with Crippen molar-refractivity contribution in [3.8, 4) is 5.75 Å². The van der Waals surface area contributed by atoms with Gasteiger partial charge in [0.05, 0.1) is 18.8 Å². The number of carbonyl (C=O) groups excluding carboxylic acids is 1. The molecule has 3 aromatic rings. The molecular weight excluding hydrogens is 454 g/mol. The van der Waals surface area contributed by atoms with Gasteiger partial charge >= 0.3 is 0 Å². The maximum absolute atomic E-state index is 13.2. The predicted octanol–water partition coefficient (Wildman–Crippen LogP) is 2.56. The minimum atomic E-state index is -3.67. The standard InChI is InChI=1S/C21H24ClN5O4S/c1-14(21(28)25-17-12-15(22)5-6-18(17)31-2)26-8-10-27(11-9-26)32(29,30)19-13-24-20-16(19)4-3-7-23-20/h3-7,12-14H,8-11H2,1-2H3,(H,23,24)(H,25,28). The highest BCUT2D eigenvalue weighted by atomic mass is 35.5. The Kier molecular flexibility index (Phi) is 6.38. The molecule has 1 unspecified atom stereocenters. The van der Waals surface area contributed by atoms with E-state index in [0.29, 0.717) is 40.6 Å². The molecule has 0 spiro atoms. The molecule has 1 amide bonds. The second-order valence-electron chi connectivity index (χ2n) is 7.50. The summed E-state index contributed by atoms with van der Waals surface area (Å²) in [6.07, 6.45) is 3.09. The number of nitrogens with one attached hydrogen (secondary N) is 2. The molecule has 0 aliphatic carbocycles. The zero-order valence-electron chi connectivity index (χ0n) is 17.7. The Morgan fingerprint density at radius 2 is 2.00 bits per heavy atom. The van der Waals surface area contributed by atoms with E-state index in [1.54, 1.807) is 43.5 Å². The van der Waals surface area contributed by atoms with Crippen molar-refractivity contribution in [2.75, 3.05) is 38.6 Å². The highest BCUT2D eigenvalue weighted by Gasteiger charge is 2.33. The van der Waals surface area contributed by atoms with Gasteiger partial charge in [0, 0.05) is 49.0 Å². The van der Waals surface area contributed by atoms with Gasteiger partial charge in [-0.3, -0.25) is 9.69 Å². The van der Waals surface area contributed by atoms with E-state index in [9.17, 15) is 13.2 Å². The number of H-pyrrole nitrogens is 1. The Morgan fingerprint density at radius 3 is 2.72 bits per heavy atom. The van der Waals surface area contributed by atoms with E-state index in [1.807, 2.05) is 4.90 Å². The molecule has 32 heavy (non-hydrogen) atoms. The number of ether oxygens (including phenoxy) is 1. The quantitative estimate of drug-likeness (QED) is 0.565. The average molecular weight is 478 g/mol. The maximum Gasteiger partial charge on any atom is 0.245 e. The summed E-state index contributed by atoms with van der Waals surface area (Å²) in [5.41, 5.74) is 1.03. The number of hydrogen-bond acceptors (Lipinski definition) is 6. The van der Waals surface area contributed by atoms with Crippen LogP contribution >= 0.6 is 11.6 Å². The van der Waals surface area contributed by atoms with Crippen molar-refractivity contribution >= 4 is 44.3 Å². The van der Waals surface area contributed by atoms with E-state index in [-0.39, 0.29) is 23.9 Å². The lowest BCUT2D eigenvalue weighted by atomic mass is 10.2. The van der Waals surface area contributed by atoms with E-state index >= 15 is 0 Å². The van der Waals surface area contributed by atoms with Crippen molar-refractivity contribution in [2.45, 2.75) is 17.9 Å². The van der Waals surface area contributed by atoms with Crippen molar-refractivity contribution < 1.29 is 17.9 Å². The van der Waals surface area contributed by atoms with Gasteiger partial charge in [0.1, 0.15) is 16.3 Å². The Bertz CT molecular complexity index is 1240. The van der Waals surface area contributed by atoms with E-state index in [4.69, 9.17) is 16.3 Å². The number of anilines is 1. The van der Waals surface area contributed by atoms with Gasteiger partial charge < -0.3 is 15.0 Å². The van der Waals surface area contributed by atoms with Gasteiger partial charge in [-0.25, -0.2) is 13.4 Å². The molecule has 1 aliphatic heterocycles. The van der Waals surface area contributed by atoms with Crippen LogP contribution in [0.15, 0.2) is 47.6 Å². The number of aromatic amines is 1. The topological polar surface area (TPSA) is 108 Å². The minimum absolute atomic E-state index is 0.216. The number of methoxy groups -OCH3 is 1. The van der Waals surface area contributed by atoms with Gasteiger partial charge in [0.2, 0.25) is 15.9 Å². The average Bonchev–Trinajstić information content (AvgIpc) is 3.24. The molecule has 1 aromatic carbocycles. The van der Waals surface area contributed by atoms with Crippen LogP contribution in [0.25, 0.3) is 11.0 Å². The van der Waals surface area contributed by atoms with E-state index in [1.165, 1.54) is 17.6 Å². The van der Waals surface area contributed by atoms with Crippen LogP contribution in [0.1, 0.15) is 6.92 Å². The van der Waals surface area contributed by atoms with Crippen molar-refractivity contribution in [1.82, 2.24) is 19.2 Å². The molecule has 2 aromatic heterocycles. The summed E-state index contributed by atoms with van der Waals surface area (Å²) in [5, 5.41) is 3.90. The zero-order chi connectivity index (χ0) is 22.9. The summed E-state index contributed by atoms with van der Waals surface area (Å²) < 4.78 is 33.1. The molecular formula is C21H24ClN5O4S. The second kappa shape index (κ2) is 9.07. The van der Waals surface area contributed by atoms with Gasteiger partial charge in [-0.1, -0.05) is 11.6 Å². The van der Waals surface area contributed by atoms with Crippen LogP contribution in [0.4, 0.5) is 5.69 Å². The van der Waals surface area contributed by atoms with E-state index in [2.05, 4.69) is 15.3 Å². The predicted molar refractivity (Wildman–Crippen MR) is 123 cm³/mol. The second-order valence-corrected chi connectivity index (χ2v) is 9.85. The summed E-state index contributed by atoms with van der Waals surface area (Å²) in [7, 11) is -2.15. The third-order valence-corrected chi connectivity index (χ3v) is 7.82. The SMILES string of the molecule is COc1ccc(Cl)cc1NC(=O)C(C)N1CCN(S(=O)(=O)c2c[nH]c3ncccc23)CC1. The molecule has 3 heterocycles. The van der Waals surface area contributed by atoms with Gasteiger partial charge in [-0.05, 0) is 37.3 Å². The number of fused-ring (bicyclic) bond motifs is 1. The van der Waals surface area contributed by atoms with Crippen molar-refractivity contribution in [1.29, 1.82) is 0 Å². The largest absolute Gasteiger partial charge is 0.495 e. The lowest BCUT2D eigenvalue weighted by molar-refractivity contribution is -0.121. The highest BCUT2D eigenvalue weighted by Crippen LogP contribution is 2.28. The first kappa shape index (κ1) is 22.5. The molecule has 4 rings (SSSR count). The fourth-order valence-corrected chi connectivity index (χ4v) is 5.54. The maximum atomic E-state index is 13.2. The summed E-state index contributed by atoms with van der Waals surface area (Å²) >= 11 is 6.04. The fraction of sp³-hybridized carbons (Fsp3) is 0.333. The van der Waals surface area contributed by atoms with Gasteiger partial charge in [-0.15, -0.1) is 0 Å². The van der Waals surface area contributed by atoms with Crippen molar-refractivity contribution in [3.05, 3.63) is 47.7 Å². The number of benzene rings is 1. The Morgan fingerprint density at radius 1 is 1.25 bits per heavy atom. The van der Waals surface area contributed by atoms with Crippen molar-refractivity contribution in [3.63, 3.8) is 0 Å². The number of carbonyl (C=O) groups is 1. The third-order valence-electron chi connectivity index (χ3n) is 5.65. The van der Waals surface area contributed by atoms with Gasteiger partial charge in [0.15, 0.2) is 0 Å². The number of piperazine rings is 1. The molecule has 1 fully saturated rings. The smallest absolute Gasteiger partial charge is 0.245 e. The lowest BCUT2D eigenvalue weighted by Crippen LogP contribution is -2.53. The summed E-state index contributed by atoms with van der Waals surface area (Å²) in [4.78, 5) is 22.0. The van der Waals surface area contributed by atoms with Crippen LogP contribution in [0.5, 0.6) is 5.75 Å². The Hall–Kier alpha value is -2.66. The normalized spacial score (nSPS) is 16.7. The molecule has 2 N–H and O–H groups in total. The summed E-state index contributed by atoms with van der Waals surface area (Å²) in [6.45, 7) is 3.23. The molecule has 0 radical (unpaired) electrons. The highest BCUT2D eigenvalue weighted by molar-refractivity contribution is 7.89. The number of halogens is 1. The lowest BCUT2D eigenvalue weighted by Gasteiger charge is -2.36. The summed E-state index contributed by atoms with van der Waals surface area (Å²) in [6, 6.07) is 7.99. The molecule has 0 bridgehead atoms. The van der Waals surface area contributed by atoms with Crippen LogP contribution in [-0.4, -0.2) is 72.8 Å². The first-order valence-electron chi connectivity index (χ1n) is 10.1. The Balaban J connectivity index is 1.42. The molecule has 1 aliphatic rings. The summed E-state index contributed by atoms with van der Waals surface area (Å²) in [5.74, 6) is 0.295. The van der Waals surface area contributed by atoms with Crippen LogP contribution in [-0.2, 0) is 14.8 Å². The van der Waals surface area contributed by atoms with Crippen LogP contribution in [0.2, 0.25) is 5.02 Å². The number of aromatic nitrogens is 2. The third kappa shape index (κ3) is 4.31. The zero-order valence-corrected chi connectivity index (χ0v) is 19.3. The molecule has 0 saturated carbocycles. The van der Waals surface area contributed by atoms with Crippen molar-refractivity contribution in [2.24, 2.45) is 0 Å². The molecule has 11 heteroatoms. The molecule has 1 atom stereocenters. The van der Waals surface area contributed by atoms with Crippen LogP contribution in [0.3, 0.4) is 0 Å². The van der Waals surface area contributed by atoms with Crippen LogP contribution in [0, 0.1) is 0 Å². The molecule has 9 nitrogen and oxygen atoms in total. The van der Waals surface area contributed by atoms with Gasteiger partial charge in [-0.2, -0.15) is 4.31 Å². The first-order valence-corrected chi connectivity index (χ1v) is 11.9. The monoisotopic (exact) mass is 477 g/mol. The number of nitrogens with zero attached hydrogens (tertiary/aromatic N) is 3. The van der Waals surface area contributed by atoms with E-state index < -0.39 is 16.1 Å². The number of rotatable bonds is 6. The number of pyridine rings is 1.